The Morgan fingerprint density at radius 3 is 2.56 bits per heavy atom. The molecule has 1 saturated carbocycles. The fourth-order valence-corrected chi connectivity index (χ4v) is 3.01. The maximum atomic E-state index is 11.6. The van der Waals surface area contributed by atoms with E-state index in [-0.39, 0.29) is 0 Å². The van der Waals surface area contributed by atoms with E-state index in [2.05, 4.69) is 23.9 Å². The number of hydrogen-bond donors (Lipinski definition) is 0. The van der Waals surface area contributed by atoms with Gasteiger partial charge in [-0.05, 0) is 52.9 Å². The van der Waals surface area contributed by atoms with Crippen molar-refractivity contribution < 1.29 is 4.79 Å². The number of piperidine rings is 1. The molecule has 2 fully saturated rings. The molecule has 1 aliphatic carbocycles. The maximum Gasteiger partial charge on any atom is 0.137 e. The van der Waals surface area contributed by atoms with Crippen LogP contribution in [0.25, 0.3) is 0 Å². The van der Waals surface area contributed by atoms with Gasteiger partial charge in [0.1, 0.15) is 5.78 Å². The minimum Gasteiger partial charge on any atom is -0.306 e. The summed E-state index contributed by atoms with van der Waals surface area (Å²) in [5, 5.41) is 0. The van der Waals surface area contributed by atoms with E-state index in [1.807, 2.05) is 0 Å². The highest BCUT2D eigenvalue weighted by Crippen LogP contribution is 2.24. The van der Waals surface area contributed by atoms with Gasteiger partial charge in [0.25, 0.3) is 0 Å². The number of Topliss-reactive ketones (excluding diaryl/α,β-unsaturated/α-hetero) is 1. The zero-order valence-electron chi connectivity index (χ0n) is 10.6. The van der Waals surface area contributed by atoms with Crippen LogP contribution in [-0.2, 0) is 4.79 Å². The second kappa shape index (κ2) is 5.28. The first-order chi connectivity index (χ1) is 7.66. The van der Waals surface area contributed by atoms with Gasteiger partial charge in [-0.2, -0.15) is 0 Å². The third kappa shape index (κ3) is 2.83. The highest BCUT2D eigenvalue weighted by Gasteiger charge is 2.28. The predicted octanol–water partition coefficient (Wildman–Crippen LogP) is 1.38. The summed E-state index contributed by atoms with van der Waals surface area (Å²) in [6.07, 6.45) is 5.58. The summed E-state index contributed by atoms with van der Waals surface area (Å²) in [6, 6.07) is 0.699. The number of nitrogens with zero attached hydrogens (tertiary/aromatic N) is 2. The molecule has 1 heterocycles. The average molecular weight is 224 g/mol. The minimum atomic E-state index is 0.338. The number of ketones is 1. The fraction of sp³-hybridized carbons (Fsp3) is 0.923. The molecular formula is C13H24N2O. The van der Waals surface area contributed by atoms with Crippen molar-refractivity contribution in [1.82, 2.24) is 9.80 Å². The minimum absolute atomic E-state index is 0.338. The van der Waals surface area contributed by atoms with E-state index in [9.17, 15) is 4.79 Å². The Hall–Kier alpha value is -0.410. The first-order valence-corrected chi connectivity index (χ1v) is 6.58. The van der Waals surface area contributed by atoms with Gasteiger partial charge in [0.05, 0.1) is 0 Å². The molecule has 0 aromatic heterocycles. The summed E-state index contributed by atoms with van der Waals surface area (Å²) in [5.74, 6) is 0.837. The Kier molecular flexibility index (Phi) is 3.98. The van der Waals surface area contributed by atoms with Crippen molar-refractivity contribution in [1.29, 1.82) is 0 Å². The molecule has 0 amide bonds. The predicted molar refractivity (Wildman–Crippen MR) is 65.5 cm³/mol. The molecule has 0 radical (unpaired) electrons. The fourth-order valence-electron chi connectivity index (χ4n) is 3.01. The lowest BCUT2D eigenvalue weighted by atomic mass is 10.0. The lowest BCUT2D eigenvalue weighted by Gasteiger charge is -2.36. The molecule has 16 heavy (non-hydrogen) atoms. The quantitative estimate of drug-likeness (QED) is 0.723. The highest BCUT2D eigenvalue weighted by molar-refractivity contribution is 5.83. The Morgan fingerprint density at radius 2 is 2.00 bits per heavy atom. The Labute approximate surface area is 98.8 Å². The van der Waals surface area contributed by atoms with Crippen molar-refractivity contribution in [3.63, 3.8) is 0 Å². The summed E-state index contributed by atoms with van der Waals surface area (Å²) >= 11 is 0. The number of rotatable bonds is 3. The second-order valence-electron chi connectivity index (χ2n) is 5.53. The summed E-state index contributed by atoms with van der Waals surface area (Å²) in [6.45, 7) is 3.40. The van der Waals surface area contributed by atoms with Crippen molar-refractivity contribution in [2.75, 3.05) is 33.7 Å². The number of likely N-dealkylation sites (tertiary alicyclic amines) is 1. The van der Waals surface area contributed by atoms with Gasteiger partial charge in [0, 0.05) is 24.9 Å². The Balaban J connectivity index is 1.78. The van der Waals surface area contributed by atoms with E-state index < -0.39 is 0 Å². The standard InChI is InChI=1S/C13H24N2O/c1-14-8-6-12(7-9-14)15(2)10-11-4-3-5-13(11)16/h11-12H,3-10H2,1-2H3. The van der Waals surface area contributed by atoms with E-state index in [0.717, 1.165) is 25.8 Å². The van der Waals surface area contributed by atoms with Crippen LogP contribution in [0.2, 0.25) is 0 Å². The van der Waals surface area contributed by atoms with Crippen LogP contribution in [0.3, 0.4) is 0 Å². The molecule has 0 N–H and O–H groups in total. The van der Waals surface area contributed by atoms with E-state index in [1.54, 1.807) is 0 Å². The molecule has 0 bridgehead atoms. The molecule has 0 spiro atoms. The van der Waals surface area contributed by atoms with Crippen LogP contribution in [0.5, 0.6) is 0 Å². The summed E-state index contributed by atoms with van der Waals surface area (Å²) < 4.78 is 0. The van der Waals surface area contributed by atoms with E-state index in [0.29, 0.717) is 17.7 Å². The molecular weight excluding hydrogens is 200 g/mol. The van der Waals surface area contributed by atoms with E-state index in [4.69, 9.17) is 0 Å². The van der Waals surface area contributed by atoms with Gasteiger partial charge in [0.15, 0.2) is 0 Å². The summed E-state index contributed by atoms with van der Waals surface area (Å²) in [7, 11) is 4.39. The third-order valence-corrected chi connectivity index (χ3v) is 4.25. The van der Waals surface area contributed by atoms with Crippen molar-refractivity contribution >= 4 is 5.78 Å². The third-order valence-electron chi connectivity index (χ3n) is 4.25. The van der Waals surface area contributed by atoms with Crippen LogP contribution in [0, 0.1) is 5.92 Å². The number of hydrogen-bond acceptors (Lipinski definition) is 3. The van der Waals surface area contributed by atoms with Crippen molar-refractivity contribution in [3.8, 4) is 0 Å². The van der Waals surface area contributed by atoms with Crippen LogP contribution < -0.4 is 0 Å². The molecule has 92 valence electrons. The second-order valence-corrected chi connectivity index (χ2v) is 5.53. The molecule has 1 saturated heterocycles. The molecule has 3 nitrogen and oxygen atoms in total. The highest BCUT2D eigenvalue weighted by atomic mass is 16.1. The van der Waals surface area contributed by atoms with Crippen LogP contribution >= 0.6 is 0 Å². The van der Waals surface area contributed by atoms with Crippen LogP contribution in [-0.4, -0.2) is 55.4 Å². The van der Waals surface area contributed by atoms with Crippen LogP contribution in [0.15, 0.2) is 0 Å². The van der Waals surface area contributed by atoms with Gasteiger partial charge < -0.3 is 9.80 Å². The zero-order chi connectivity index (χ0) is 11.5. The van der Waals surface area contributed by atoms with Crippen molar-refractivity contribution in [2.24, 2.45) is 5.92 Å². The molecule has 0 aromatic rings. The molecule has 1 atom stereocenters. The molecule has 0 aromatic carbocycles. The molecule has 1 unspecified atom stereocenters. The summed E-state index contributed by atoms with van der Waals surface area (Å²) in [4.78, 5) is 16.4. The first kappa shape index (κ1) is 12.1. The topological polar surface area (TPSA) is 23.6 Å². The van der Waals surface area contributed by atoms with Gasteiger partial charge in [-0.15, -0.1) is 0 Å². The van der Waals surface area contributed by atoms with Crippen LogP contribution in [0.4, 0.5) is 0 Å². The average Bonchev–Trinajstić information content (AvgIpc) is 2.65. The largest absolute Gasteiger partial charge is 0.306 e. The normalized spacial score (nSPS) is 29.2. The van der Waals surface area contributed by atoms with Crippen molar-refractivity contribution in [2.45, 2.75) is 38.1 Å². The molecule has 2 aliphatic rings. The maximum absolute atomic E-state index is 11.6. The lowest BCUT2D eigenvalue weighted by molar-refractivity contribution is -0.121. The van der Waals surface area contributed by atoms with Gasteiger partial charge in [0.2, 0.25) is 0 Å². The zero-order valence-corrected chi connectivity index (χ0v) is 10.6. The number of carbonyl (C=O) groups is 1. The molecule has 1 aliphatic heterocycles. The monoisotopic (exact) mass is 224 g/mol. The van der Waals surface area contributed by atoms with Gasteiger partial charge in [-0.25, -0.2) is 0 Å². The first-order valence-electron chi connectivity index (χ1n) is 6.58. The smallest absolute Gasteiger partial charge is 0.137 e. The summed E-state index contributed by atoms with van der Waals surface area (Å²) in [5.41, 5.74) is 0. The Bertz CT molecular complexity index is 246. The van der Waals surface area contributed by atoms with E-state index in [1.165, 1.54) is 25.9 Å². The van der Waals surface area contributed by atoms with Crippen molar-refractivity contribution in [3.05, 3.63) is 0 Å². The van der Waals surface area contributed by atoms with Gasteiger partial charge in [-0.3, -0.25) is 4.79 Å². The molecule has 2 rings (SSSR count). The Morgan fingerprint density at radius 1 is 1.31 bits per heavy atom. The van der Waals surface area contributed by atoms with Gasteiger partial charge in [-0.1, -0.05) is 0 Å². The van der Waals surface area contributed by atoms with Gasteiger partial charge >= 0.3 is 0 Å². The van der Waals surface area contributed by atoms with E-state index >= 15 is 0 Å². The number of carbonyl (C=O) groups excluding carboxylic acids is 1. The SMILES string of the molecule is CN1CCC(N(C)CC2CCCC2=O)CC1. The molecule has 3 heteroatoms. The van der Waals surface area contributed by atoms with Crippen LogP contribution in [0.1, 0.15) is 32.1 Å². The lowest BCUT2D eigenvalue weighted by Crippen LogP contribution is -2.43.